The second-order valence-corrected chi connectivity index (χ2v) is 24.5. The first kappa shape index (κ1) is 50.4. The van der Waals surface area contributed by atoms with Gasteiger partial charge >= 0.3 is 11.9 Å². The molecule has 8 saturated carbocycles. The van der Waals surface area contributed by atoms with Crippen LogP contribution in [0.4, 0.5) is 8.78 Å². The van der Waals surface area contributed by atoms with Crippen molar-refractivity contribution in [2.75, 3.05) is 13.2 Å². The van der Waals surface area contributed by atoms with Crippen LogP contribution in [0.3, 0.4) is 0 Å². The van der Waals surface area contributed by atoms with Gasteiger partial charge in [0, 0.05) is 73.0 Å². The number of halogens is 2. The van der Waals surface area contributed by atoms with E-state index >= 15 is 8.78 Å². The fourth-order valence-electron chi connectivity index (χ4n) is 18.1. The second kappa shape index (κ2) is 16.4. The molecule has 10 aliphatic carbocycles. The molecule has 16 atom stereocenters. The summed E-state index contributed by atoms with van der Waals surface area (Å²) in [6.07, 6.45) is 14.5. The van der Waals surface area contributed by atoms with Crippen LogP contribution >= 0.6 is 0 Å². The molecule has 0 radical (unpaired) electrons. The number of aliphatic hydroxyl groups is 2. The lowest BCUT2D eigenvalue weighted by Crippen LogP contribution is -2.70. The van der Waals surface area contributed by atoms with Gasteiger partial charge in [0.1, 0.15) is 0 Å². The Morgan fingerprint density at radius 2 is 0.972 bits per heavy atom. The Labute approximate surface area is 419 Å². The van der Waals surface area contributed by atoms with Gasteiger partial charge in [0.05, 0.1) is 24.4 Å². The molecule has 2 N–H and O–H groups in total. The normalized spacial score (nSPS) is 48.1. The molecule has 2 saturated heterocycles. The highest BCUT2D eigenvalue weighted by molar-refractivity contribution is 6.02. The highest BCUT2D eigenvalue weighted by Gasteiger charge is 2.83. The van der Waals surface area contributed by atoms with Crippen molar-refractivity contribution in [3.05, 3.63) is 47.6 Å². The van der Waals surface area contributed by atoms with Gasteiger partial charge in [-0.05, 0) is 127 Å². The minimum Gasteiger partial charge on any atom is -0.458 e. The van der Waals surface area contributed by atoms with Gasteiger partial charge in [-0.15, -0.1) is 0 Å². The molecule has 10 fully saturated rings. The quantitative estimate of drug-likeness (QED) is 0.257. The summed E-state index contributed by atoms with van der Waals surface area (Å²) >= 11 is 0. The Hall–Kier alpha value is -3.80. The lowest BCUT2D eigenvalue weighted by Gasteiger charge is -2.62. The van der Waals surface area contributed by atoms with E-state index in [1.54, 1.807) is 26.0 Å². The van der Waals surface area contributed by atoms with E-state index in [1.807, 2.05) is 13.8 Å². The highest BCUT2D eigenvalue weighted by Crippen LogP contribution is 2.75. The number of ketones is 4. The summed E-state index contributed by atoms with van der Waals surface area (Å²) in [4.78, 5) is 75.1. The summed E-state index contributed by atoms with van der Waals surface area (Å²) in [7, 11) is 0. The van der Waals surface area contributed by atoms with Crippen LogP contribution in [0.2, 0.25) is 0 Å². The van der Waals surface area contributed by atoms with Gasteiger partial charge in [-0.2, -0.15) is 0 Å². The van der Waals surface area contributed by atoms with Crippen LogP contribution in [0.1, 0.15) is 144 Å². The lowest BCUT2D eigenvalue weighted by atomic mass is 9.44. The smallest absolute Gasteiger partial charge is 0.303 e. The number of rotatable bonds is 6. The molecule has 2 heterocycles. The molecule has 12 aliphatic rings. The molecule has 0 aromatic heterocycles. The van der Waals surface area contributed by atoms with Crippen molar-refractivity contribution in [2.45, 2.75) is 203 Å². The number of aliphatic hydroxyl groups excluding tert-OH is 2. The molecule has 2 spiro atoms. The maximum absolute atomic E-state index is 17.4. The maximum Gasteiger partial charge on any atom is 0.303 e. The van der Waals surface area contributed by atoms with Crippen molar-refractivity contribution in [1.29, 1.82) is 0 Å². The molecule has 392 valence electrons. The number of Topliss-reactive ketones (excluding diaryl/α,β-unsaturated/α-hetero) is 2. The average Bonchev–Trinajstić information content (AvgIpc) is 4.18. The van der Waals surface area contributed by atoms with Gasteiger partial charge in [-0.1, -0.05) is 37.1 Å². The molecule has 0 unspecified atom stereocenters. The summed E-state index contributed by atoms with van der Waals surface area (Å²) in [5.74, 6) is -5.60. The number of hydrogen-bond donors (Lipinski definition) is 2. The Morgan fingerprint density at radius 3 is 1.32 bits per heavy atom. The second-order valence-electron chi connectivity index (χ2n) is 24.5. The zero-order valence-electron chi connectivity index (χ0n) is 42.4. The highest BCUT2D eigenvalue weighted by atomic mass is 19.1. The molecule has 2 aliphatic heterocycles. The first-order valence-electron chi connectivity index (χ1n) is 26.6. The van der Waals surface area contributed by atoms with Crippen molar-refractivity contribution >= 4 is 35.1 Å². The van der Waals surface area contributed by atoms with Crippen LogP contribution in [0.25, 0.3) is 0 Å². The summed E-state index contributed by atoms with van der Waals surface area (Å²) < 4.78 is 71.7. The zero-order valence-corrected chi connectivity index (χ0v) is 42.4. The van der Waals surface area contributed by atoms with Crippen LogP contribution in [0.5, 0.6) is 0 Å². The average molecular weight is 1010 g/mol. The van der Waals surface area contributed by atoms with E-state index in [2.05, 4.69) is 0 Å². The number of ether oxygens (including phenoxy) is 6. The van der Waals surface area contributed by atoms with E-state index in [1.165, 1.54) is 38.2 Å². The lowest BCUT2D eigenvalue weighted by molar-refractivity contribution is -0.253. The van der Waals surface area contributed by atoms with Crippen molar-refractivity contribution < 1.29 is 76.2 Å². The molecule has 16 heteroatoms. The van der Waals surface area contributed by atoms with Crippen molar-refractivity contribution in [1.82, 2.24) is 0 Å². The van der Waals surface area contributed by atoms with Crippen LogP contribution < -0.4 is 0 Å². The van der Waals surface area contributed by atoms with Gasteiger partial charge in [0.25, 0.3) is 0 Å². The largest absolute Gasteiger partial charge is 0.458 e. The van der Waals surface area contributed by atoms with Crippen LogP contribution in [0, 0.1) is 45.3 Å². The van der Waals surface area contributed by atoms with Gasteiger partial charge in [0.2, 0.25) is 11.6 Å². The molecule has 0 aromatic rings. The molecular weight excluding hydrogens is 935 g/mol. The molecule has 14 nitrogen and oxygen atoms in total. The molecule has 0 bridgehead atoms. The SMILES string of the molecule is CC(=O)OCC(=O)[C@@]12OC3(CCCC3)O[C@@H]1C[C@H]1[C@@H]3CCC4=CC(=O)C=C[C@]4(C)[C@@]3(F)[C@@H](O)C[C@@]12C.CC(=O)OCC(=O)[C@@]12OC3(CCCC3)O[C@@H]1C[C@H]1[C@@H]3CCC4=CC(=O)C=C[C@]4(C)[C@@]3(F)[C@@H](O)C[C@@]12C. The van der Waals surface area contributed by atoms with E-state index in [-0.39, 0.29) is 47.8 Å². The minimum absolute atomic E-state index is 0.0110. The van der Waals surface area contributed by atoms with Crippen molar-refractivity contribution in [3.63, 3.8) is 0 Å². The summed E-state index contributed by atoms with van der Waals surface area (Å²) in [6.45, 7) is 9.04. The number of esters is 2. The first-order valence-corrected chi connectivity index (χ1v) is 26.6. The molecule has 0 amide bonds. The summed E-state index contributed by atoms with van der Waals surface area (Å²) in [5, 5.41) is 23.2. The number of carbonyl (C=O) groups excluding carboxylic acids is 6. The molecule has 12 rings (SSSR count). The Balaban J connectivity index is 0.000000156. The number of fused-ring (bicyclic) bond motifs is 14. The topological polar surface area (TPSA) is 198 Å². The third kappa shape index (κ3) is 6.37. The predicted octanol–water partition coefficient (Wildman–Crippen LogP) is 7.05. The van der Waals surface area contributed by atoms with E-state index in [4.69, 9.17) is 28.4 Å². The fraction of sp³-hybridized carbons (Fsp3) is 0.750. The Morgan fingerprint density at radius 1 is 0.611 bits per heavy atom. The minimum atomic E-state index is -2.00. The van der Waals surface area contributed by atoms with Gasteiger partial charge < -0.3 is 38.6 Å². The number of alkyl halides is 2. The van der Waals surface area contributed by atoms with Gasteiger partial charge in [0.15, 0.2) is 58.9 Å². The number of hydrogen-bond acceptors (Lipinski definition) is 14. The van der Waals surface area contributed by atoms with Crippen molar-refractivity contribution in [2.24, 2.45) is 45.3 Å². The summed E-state index contributed by atoms with van der Waals surface area (Å²) in [6, 6.07) is 0. The van der Waals surface area contributed by atoms with Crippen molar-refractivity contribution in [3.8, 4) is 0 Å². The van der Waals surface area contributed by atoms with Gasteiger partial charge in [-0.3, -0.25) is 28.8 Å². The third-order valence-corrected chi connectivity index (χ3v) is 21.4. The van der Waals surface area contributed by atoms with E-state index < -0.39 is 117 Å². The van der Waals surface area contributed by atoms with E-state index in [0.29, 0.717) is 75.4 Å². The Bertz CT molecular complexity index is 2350. The predicted molar refractivity (Wildman–Crippen MR) is 251 cm³/mol. The van der Waals surface area contributed by atoms with Crippen LogP contribution in [-0.2, 0) is 57.2 Å². The standard InChI is InChI=1S/2C28H35FO7/c2*1-16(30)34-15-22(33)28-23(35-26(36-28)9-4-5-10-26)13-20-19-7-6-17-12-18(31)8-11-24(17,2)27(19,29)21(32)14-25(20,28)3/h2*8,11-12,19-21,23,32H,4-7,9-10,13-15H2,1-3H3/t2*19-,20-,21-,23+,24-,25-,27-,28+/m00/s1. The van der Waals surface area contributed by atoms with Crippen LogP contribution in [0.15, 0.2) is 47.6 Å². The number of allylic oxidation sites excluding steroid dienone is 8. The Kier molecular flexibility index (Phi) is 11.4. The molecule has 72 heavy (non-hydrogen) atoms. The third-order valence-electron chi connectivity index (χ3n) is 21.4. The first-order chi connectivity index (χ1) is 33.8. The van der Waals surface area contributed by atoms with Crippen LogP contribution in [-0.4, -0.2) is 117 Å². The maximum atomic E-state index is 17.4. The van der Waals surface area contributed by atoms with E-state index in [9.17, 15) is 39.0 Å². The zero-order chi connectivity index (χ0) is 51.5. The monoisotopic (exact) mass is 1000 g/mol. The van der Waals surface area contributed by atoms with E-state index in [0.717, 1.165) is 25.7 Å². The molecular formula is C56H70F2O14. The van der Waals surface area contributed by atoms with Gasteiger partial charge in [-0.25, -0.2) is 8.78 Å². The fourth-order valence-corrected chi connectivity index (χ4v) is 18.1. The number of carbonyl (C=O) groups is 6. The molecule has 0 aromatic carbocycles. The summed E-state index contributed by atoms with van der Waals surface area (Å²) in [5.41, 5.74) is -9.44.